The number of benzene rings is 1. The summed E-state index contributed by atoms with van der Waals surface area (Å²) in [5.74, 6) is -0.214. The van der Waals surface area contributed by atoms with Gasteiger partial charge in [-0.3, -0.25) is 0 Å². The molecule has 1 saturated heterocycles. The van der Waals surface area contributed by atoms with Gasteiger partial charge in [0, 0.05) is 5.39 Å². The Morgan fingerprint density at radius 3 is 2.61 bits per heavy atom. The molecule has 0 spiro atoms. The molecule has 1 unspecified atom stereocenters. The van der Waals surface area contributed by atoms with Gasteiger partial charge in [0.1, 0.15) is 30.0 Å². The second-order valence-electron chi connectivity index (χ2n) is 7.04. The Morgan fingerprint density at radius 2 is 1.93 bits per heavy atom. The Morgan fingerprint density at radius 1 is 1.18 bits per heavy atom. The van der Waals surface area contributed by atoms with E-state index in [-0.39, 0.29) is 5.75 Å². The fourth-order valence-electron chi connectivity index (χ4n) is 3.04. The summed E-state index contributed by atoms with van der Waals surface area (Å²) in [6.07, 6.45) is -5.70. The molecule has 5 atom stereocenters. The largest absolute Gasteiger partial charge is 0.454 e. The minimum absolute atomic E-state index is 0.214. The number of fused-ring (bicyclic) bond motifs is 1. The van der Waals surface area contributed by atoms with Gasteiger partial charge in [0.15, 0.2) is 0 Å². The van der Waals surface area contributed by atoms with E-state index in [0.717, 1.165) is 24.0 Å². The summed E-state index contributed by atoms with van der Waals surface area (Å²) in [7, 11) is 0. The van der Waals surface area contributed by atoms with Gasteiger partial charge in [-0.15, -0.1) is 6.58 Å². The van der Waals surface area contributed by atoms with Crippen LogP contribution in [0, 0.1) is 0 Å². The van der Waals surface area contributed by atoms with Crippen LogP contribution in [0.25, 0.3) is 11.0 Å². The summed E-state index contributed by atoms with van der Waals surface area (Å²) >= 11 is 0. The lowest BCUT2D eigenvalue weighted by Crippen LogP contribution is -2.60. The maximum absolute atomic E-state index is 12.2. The quantitative estimate of drug-likeness (QED) is 0.413. The number of aliphatic hydroxyl groups excluding tert-OH is 4. The van der Waals surface area contributed by atoms with E-state index in [9.17, 15) is 25.2 Å². The molecule has 0 amide bonds. The molecular formula is C20H24O8. The van der Waals surface area contributed by atoms with Crippen molar-refractivity contribution in [2.45, 2.75) is 50.5 Å². The molecule has 1 aromatic heterocycles. The lowest BCUT2D eigenvalue weighted by molar-refractivity contribution is -0.277. The molecule has 0 aliphatic carbocycles. The SMILES string of the molecule is C=C(C)CCc1ccc2oc(=O)c(OC3O[C@H](CO)[C@@H](O)[C@H](O)[C@H]3O)cc2c1. The highest BCUT2D eigenvalue weighted by molar-refractivity contribution is 5.78. The van der Waals surface area contributed by atoms with Gasteiger partial charge in [-0.25, -0.2) is 4.79 Å². The van der Waals surface area contributed by atoms with Crippen molar-refractivity contribution in [3.8, 4) is 5.75 Å². The third-order valence-electron chi connectivity index (χ3n) is 4.70. The molecule has 28 heavy (non-hydrogen) atoms. The molecule has 1 aliphatic heterocycles. The van der Waals surface area contributed by atoms with Crippen LogP contribution in [0.2, 0.25) is 0 Å². The van der Waals surface area contributed by atoms with E-state index in [1.54, 1.807) is 6.07 Å². The van der Waals surface area contributed by atoms with Crippen LogP contribution >= 0.6 is 0 Å². The first-order valence-corrected chi connectivity index (χ1v) is 8.98. The standard InChI is InChI=1S/C20H24O8/c1-10(2)3-4-11-5-6-13-12(7-11)8-14(19(25)26-13)27-20-18(24)17(23)16(22)15(9-21)28-20/h5-8,15-18,20-24H,1,3-4,9H2,2H3/t15-,16-,17+,18-,20?/m1/s1. The van der Waals surface area contributed by atoms with Crippen LogP contribution in [0.3, 0.4) is 0 Å². The van der Waals surface area contributed by atoms with Crippen molar-refractivity contribution < 1.29 is 34.3 Å². The van der Waals surface area contributed by atoms with Crippen LogP contribution in [0.15, 0.2) is 45.6 Å². The van der Waals surface area contributed by atoms with E-state index < -0.39 is 42.9 Å². The fraction of sp³-hybridized carbons (Fsp3) is 0.450. The van der Waals surface area contributed by atoms with Crippen molar-refractivity contribution in [3.63, 3.8) is 0 Å². The Balaban J connectivity index is 1.86. The van der Waals surface area contributed by atoms with E-state index in [4.69, 9.17) is 13.9 Å². The van der Waals surface area contributed by atoms with Gasteiger partial charge in [-0.05, 0) is 43.5 Å². The first-order valence-electron chi connectivity index (χ1n) is 8.98. The minimum atomic E-state index is -1.62. The highest BCUT2D eigenvalue weighted by atomic mass is 16.7. The fourth-order valence-corrected chi connectivity index (χ4v) is 3.04. The lowest BCUT2D eigenvalue weighted by atomic mass is 9.99. The van der Waals surface area contributed by atoms with E-state index in [1.165, 1.54) is 6.07 Å². The molecule has 2 aromatic rings. The van der Waals surface area contributed by atoms with Crippen molar-refractivity contribution in [1.29, 1.82) is 0 Å². The van der Waals surface area contributed by atoms with Gasteiger partial charge >= 0.3 is 5.63 Å². The summed E-state index contributed by atoms with van der Waals surface area (Å²) in [6.45, 7) is 5.24. The molecule has 0 radical (unpaired) electrons. The molecule has 1 fully saturated rings. The van der Waals surface area contributed by atoms with Crippen molar-refractivity contribution in [1.82, 2.24) is 0 Å². The lowest BCUT2D eigenvalue weighted by Gasteiger charge is -2.39. The maximum atomic E-state index is 12.2. The van der Waals surface area contributed by atoms with Crippen LogP contribution in [-0.2, 0) is 11.2 Å². The maximum Gasteiger partial charge on any atom is 0.379 e. The number of ether oxygens (including phenoxy) is 2. The van der Waals surface area contributed by atoms with Gasteiger partial charge in [0.05, 0.1) is 6.61 Å². The number of rotatable bonds is 6. The van der Waals surface area contributed by atoms with Crippen molar-refractivity contribution in [3.05, 3.63) is 52.4 Å². The number of aryl methyl sites for hydroxylation is 1. The molecule has 1 aliphatic rings. The number of hydrogen-bond donors (Lipinski definition) is 4. The summed E-state index contributed by atoms with van der Waals surface area (Å²) in [5.41, 5.74) is 1.69. The number of hydrogen-bond acceptors (Lipinski definition) is 8. The van der Waals surface area contributed by atoms with Crippen LogP contribution < -0.4 is 10.4 Å². The third-order valence-corrected chi connectivity index (χ3v) is 4.70. The van der Waals surface area contributed by atoms with Crippen LogP contribution in [-0.4, -0.2) is 57.7 Å². The van der Waals surface area contributed by atoms with Crippen molar-refractivity contribution >= 4 is 11.0 Å². The van der Waals surface area contributed by atoms with Crippen LogP contribution in [0.5, 0.6) is 5.75 Å². The predicted molar refractivity (Wildman–Crippen MR) is 100 cm³/mol. The highest BCUT2D eigenvalue weighted by Crippen LogP contribution is 2.25. The molecule has 8 heteroatoms. The second kappa shape index (κ2) is 8.42. The topological polar surface area (TPSA) is 130 Å². The van der Waals surface area contributed by atoms with Crippen molar-refractivity contribution in [2.24, 2.45) is 0 Å². The smallest absolute Gasteiger partial charge is 0.379 e. The molecule has 0 bridgehead atoms. The van der Waals surface area contributed by atoms with Gasteiger partial charge in [-0.2, -0.15) is 0 Å². The molecule has 3 rings (SSSR count). The predicted octanol–water partition coefficient (Wildman–Crippen LogP) is 0.480. The van der Waals surface area contributed by atoms with Gasteiger partial charge in [0.25, 0.3) is 0 Å². The average Bonchev–Trinajstić information content (AvgIpc) is 2.67. The highest BCUT2D eigenvalue weighted by Gasteiger charge is 2.45. The number of aliphatic hydroxyl groups is 4. The number of allylic oxidation sites excluding steroid dienone is 1. The Kier molecular flexibility index (Phi) is 6.17. The molecular weight excluding hydrogens is 368 g/mol. The van der Waals surface area contributed by atoms with E-state index in [2.05, 4.69) is 6.58 Å². The normalized spacial score (nSPS) is 27.7. The summed E-state index contributed by atoms with van der Waals surface area (Å²) in [4.78, 5) is 12.2. The molecule has 4 N–H and O–H groups in total. The van der Waals surface area contributed by atoms with Gasteiger partial charge in [-0.1, -0.05) is 11.6 Å². The summed E-state index contributed by atoms with van der Waals surface area (Å²) in [6, 6.07) is 6.89. The zero-order valence-corrected chi connectivity index (χ0v) is 15.4. The first-order chi connectivity index (χ1) is 13.3. The van der Waals surface area contributed by atoms with E-state index in [0.29, 0.717) is 11.0 Å². The Bertz CT molecular complexity index is 903. The molecule has 2 heterocycles. The molecule has 1 aromatic carbocycles. The Labute approximate surface area is 161 Å². The van der Waals surface area contributed by atoms with E-state index in [1.807, 2.05) is 19.1 Å². The Hall–Kier alpha value is -2.23. The average molecular weight is 392 g/mol. The monoisotopic (exact) mass is 392 g/mol. The van der Waals surface area contributed by atoms with Gasteiger partial charge < -0.3 is 34.3 Å². The van der Waals surface area contributed by atoms with E-state index >= 15 is 0 Å². The molecule has 0 saturated carbocycles. The van der Waals surface area contributed by atoms with Crippen LogP contribution in [0.4, 0.5) is 0 Å². The zero-order chi connectivity index (χ0) is 20.4. The molecule has 8 nitrogen and oxygen atoms in total. The second-order valence-corrected chi connectivity index (χ2v) is 7.04. The summed E-state index contributed by atoms with van der Waals surface area (Å²) in [5, 5.41) is 39.6. The molecule has 152 valence electrons. The van der Waals surface area contributed by atoms with Crippen molar-refractivity contribution in [2.75, 3.05) is 6.61 Å². The minimum Gasteiger partial charge on any atom is -0.454 e. The third kappa shape index (κ3) is 4.26. The van der Waals surface area contributed by atoms with Gasteiger partial charge in [0.2, 0.25) is 12.0 Å². The summed E-state index contributed by atoms with van der Waals surface area (Å²) < 4.78 is 15.9. The first kappa shape index (κ1) is 20.5. The zero-order valence-electron chi connectivity index (χ0n) is 15.4. The van der Waals surface area contributed by atoms with Crippen LogP contribution in [0.1, 0.15) is 18.9 Å².